The van der Waals surface area contributed by atoms with Crippen LogP contribution in [0.3, 0.4) is 0 Å². The molecule has 1 N–H and O–H groups in total. The van der Waals surface area contributed by atoms with E-state index < -0.39 is 5.82 Å². The van der Waals surface area contributed by atoms with Gasteiger partial charge in [0.1, 0.15) is 11.6 Å². The minimum Gasteiger partial charge on any atom is -0.310 e. The Balaban J connectivity index is 2.34. The molecular weight excluding hydrogens is 280 g/mol. The van der Waals surface area contributed by atoms with Crippen molar-refractivity contribution in [2.24, 2.45) is 0 Å². The molecule has 2 aromatic carbocycles. The first-order valence-electron chi connectivity index (χ1n) is 6.44. The standard InChI is InChI=1S/C16H16ClF2N/c1-10(2)20-9-11-3-5-15(18)13(7-11)12-4-6-16(19)14(17)8-12/h3-8,10,20H,9H2,1-2H3. The van der Waals surface area contributed by atoms with E-state index in [1.807, 2.05) is 13.8 Å². The Hall–Kier alpha value is -1.45. The first-order chi connectivity index (χ1) is 9.47. The summed E-state index contributed by atoms with van der Waals surface area (Å²) in [6.07, 6.45) is 0. The van der Waals surface area contributed by atoms with Crippen molar-refractivity contribution in [1.29, 1.82) is 0 Å². The summed E-state index contributed by atoms with van der Waals surface area (Å²) < 4.78 is 27.1. The van der Waals surface area contributed by atoms with E-state index in [1.165, 1.54) is 24.3 Å². The fourth-order valence-electron chi connectivity index (χ4n) is 1.89. The van der Waals surface area contributed by atoms with Gasteiger partial charge in [0.15, 0.2) is 0 Å². The van der Waals surface area contributed by atoms with Crippen LogP contribution in [-0.4, -0.2) is 6.04 Å². The number of hydrogen-bond acceptors (Lipinski definition) is 1. The molecule has 0 fully saturated rings. The third-order valence-electron chi connectivity index (χ3n) is 2.98. The number of benzene rings is 2. The van der Waals surface area contributed by atoms with Crippen molar-refractivity contribution >= 4 is 11.6 Å². The molecule has 0 radical (unpaired) electrons. The lowest BCUT2D eigenvalue weighted by Gasteiger charge is -2.11. The van der Waals surface area contributed by atoms with Crippen LogP contribution in [0, 0.1) is 11.6 Å². The van der Waals surface area contributed by atoms with Gasteiger partial charge in [0.2, 0.25) is 0 Å². The highest BCUT2D eigenvalue weighted by Gasteiger charge is 2.09. The van der Waals surface area contributed by atoms with Crippen LogP contribution in [0.25, 0.3) is 11.1 Å². The van der Waals surface area contributed by atoms with Crippen molar-refractivity contribution < 1.29 is 8.78 Å². The molecule has 4 heteroatoms. The molecule has 0 aromatic heterocycles. The summed E-state index contributed by atoms with van der Waals surface area (Å²) >= 11 is 5.75. The molecule has 0 heterocycles. The number of halogens is 3. The average molecular weight is 296 g/mol. The van der Waals surface area contributed by atoms with E-state index in [4.69, 9.17) is 11.6 Å². The smallest absolute Gasteiger partial charge is 0.141 e. The lowest BCUT2D eigenvalue weighted by Crippen LogP contribution is -2.21. The topological polar surface area (TPSA) is 12.0 Å². The van der Waals surface area contributed by atoms with Gasteiger partial charge < -0.3 is 5.32 Å². The van der Waals surface area contributed by atoms with Crippen LogP contribution >= 0.6 is 11.6 Å². The van der Waals surface area contributed by atoms with Gasteiger partial charge in [0.25, 0.3) is 0 Å². The Labute approximate surface area is 122 Å². The van der Waals surface area contributed by atoms with Crippen molar-refractivity contribution in [3.05, 3.63) is 58.6 Å². The van der Waals surface area contributed by atoms with E-state index in [0.29, 0.717) is 23.7 Å². The largest absolute Gasteiger partial charge is 0.310 e. The summed E-state index contributed by atoms with van der Waals surface area (Å²) in [6, 6.07) is 9.48. The third kappa shape index (κ3) is 3.56. The molecule has 2 rings (SSSR count). The van der Waals surface area contributed by atoms with Crippen molar-refractivity contribution in [1.82, 2.24) is 5.32 Å². The summed E-state index contributed by atoms with van der Waals surface area (Å²) in [5.41, 5.74) is 1.96. The highest BCUT2D eigenvalue weighted by molar-refractivity contribution is 6.31. The molecule has 106 valence electrons. The van der Waals surface area contributed by atoms with Crippen LogP contribution in [0.2, 0.25) is 5.02 Å². The Kier molecular flexibility index (Phi) is 4.73. The Morgan fingerprint density at radius 3 is 2.40 bits per heavy atom. The van der Waals surface area contributed by atoms with Gasteiger partial charge in [0, 0.05) is 18.2 Å². The van der Waals surface area contributed by atoms with Crippen LogP contribution < -0.4 is 5.32 Å². The molecule has 0 unspecified atom stereocenters. The van der Waals surface area contributed by atoms with Gasteiger partial charge in [0.05, 0.1) is 5.02 Å². The molecule has 0 aliphatic rings. The third-order valence-corrected chi connectivity index (χ3v) is 3.27. The first-order valence-corrected chi connectivity index (χ1v) is 6.82. The number of hydrogen-bond donors (Lipinski definition) is 1. The monoisotopic (exact) mass is 295 g/mol. The van der Waals surface area contributed by atoms with Gasteiger partial charge in [-0.1, -0.05) is 37.6 Å². The van der Waals surface area contributed by atoms with Crippen molar-refractivity contribution in [2.75, 3.05) is 0 Å². The maximum Gasteiger partial charge on any atom is 0.141 e. The quantitative estimate of drug-likeness (QED) is 0.855. The minimum atomic E-state index is -0.506. The van der Waals surface area contributed by atoms with Gasteiger partial charge in [-0.25, -0.2) is 8.78 Å². The second-order valence-electron chi connectivity index (χ2n) is 4.98. The molecule has 0 bridgehead atoms. The highest BCUT2D eigenvalue weighted by atomic mass is 35.5. The van der Waals surface area contributed by atoms with Gasteiger partial charge in [-0.3, -0.25) is 0 Å². The SMILES string of the molecule is CC(C)NCc1ccc(F)c(-c2ccc(F)c(Cl)c2)c1. The van der Waals surface area contributed by atoms with Gasteiger partial charge in [-0.2, -0.15) is 0 Å². The molecule has 20 heavy (non-hydrogen) atoms. The maximum absolute atomic E-state index is 13.9. The summed E-state index contributed by atoms with van der Waals surface area (Å²) in [5, 5.41) is 3.27. The Morgan fingerprint density at radius 1 is 1.05 bits per heavy atom. The Bertz CT molecular complexity index is 611. The van der Waals surface area contributed by atoms with Gasteiger partial charge in [-0.15, -0.1) is 0 Å². The molecule has 0 spiro atoms. The number of nitrogens with one attached hydrogen (secondary N) is 1. The Morgan fingerprint density at radius 2 is 1.75 bits per heavy atom. The van der Waals surface area contributed by atoms with E-state index in [9.17, 15) is 8.78 Å². The molecule has 0 aliphatic carbocycles. The predicted octanol–water partition coefficient (Wildman–Crippen LogP) is 4.78. The average Bonchev–Trinajstić information content (AvgIpc) is 2.41. The fraction of sp³-hybridized carbons (Fsp3) is 0.250. The van der Waals surface area contributed by atoms with E-state index in [0.717, 1.165) is 5.56 Å². The lowest BCUT2D eigenvalue weighted by molar-refractivity contribution is 0.586. The maximum atomic E-state index is 13.9. The van der Waals surface area contributed by atoms with E-state index in [1.54, 1.807) is 12.1 Å². The molecule has 0 atom stereocenters. The van der Waals surface area contributed by atoms with Gasteiger partial charge >= 0.3 is 0 Å². The summed E-state index contributed by atoms with van der Waals surface area (Å²) in [7, 11) is 0. The molecule has 0 saturated heterocycles. The lowest BCUT2D eigenvalue weighted by atomic mass is 10.0. The minimum absolute atomic E-state index is 0.00684. The fourth-order valence-corrected chi connectivity index (χ4v) is 2.07. The molecule has 0 amide bonds. The van der Waals surface area contributed by atoms with Gasteiger partial charge in [-0.05, 0) is 35.4 Å². The second kappa shape index (κ2) is 6.33. The zero-order valence-electron chi connectivity index (χ0n) is 11.4. The summed E-state index contributed by atoms with van der Waals surface area (Å²) in [4.78, 5) is 0. The highest BCUT2D eigenvalue weighted by Crippen LogP contribution is 2.27. The second-order valence-corrected chi connectivity index (χ2v) is 5.39. The normalized spacial score (nSPS) is 11.1. The molecule has 2 aromatic rings. The van der Waals surface area contributed by atoms with Crippen molar-refractivity contribution in [3.63, 3.8) is 0 Å². The molecule has 0 aliphatic heterocycles. The summed E-state index contributed by atoms with van der Waals surface area (Å²) in [5.74, 6) is -0.852. The molecule has 1 nitrogen and oxygen atoms in total. The van der Waals surface area contributed by atoms with Crippen LogP contribution in [0.15, 0.2) is 36.4 Å². The van der Waals surface area contributed by atoms with Crippen LogP contribution in [-0.2, 0) is 6.54 Å². The molecule has 0 saturated carbocycles. The van der Waals surface area contributed by atoms with Crippen LogP contribution in [0.5, 0.6) is 0 Å². The zero-order valence-corrected chi connectivity index (χ0v) is 12.1. The van der Waals surface area contributed by atoms with E-state index in [2.05, 4.69) is 5.32 Å². The van der Waals surface area contributed by atoms with Crippen LogP contribution in [0.4, 0.5) is 8.78 Å². The van der Waals surface area contributed by atoms with Crippen LogP contribution in [0.1, 0.15) is 19.4 Å². The first kappa shape index (κ1) is 14.9. The zero-order chi connectivity index (χ0) is 14.7. The van der Waals surface area contributed by atoms with E-state index in [-0.39, 0.29) is 10.8 Å². The predicted molar refractivity (Wildman–Crippen MR) is 78.8 cm³/mol. The van der Waals surface area contributed by atoms with Crippen molar-refractivity contribution in [3.8, 4) is 11.1 Å². The van der Waals surface area contributed by atoms with Crippen molar-refractivity contribution in [2.45, 2.75) is 26.4 Å². The number of rotatable bonds is 4. The summed E-state index contributed by atoms with van der Waals surface area (Å²) in [6.45, 7) is 4.74. The van der Waals surface area contributed by atoms with E-state index >= 15 is 0 Å². The molecular formula is C16H16ClF2N.